The van der Waals surface area contributed by atoms with Gasteiger partial charge in [-0.1, -0.05) is 18.2 Å². The molecule has 0 saturated carbocycles. The van der Waals surface area contributed by atoms with Gasteiger partial charge in [-0.2, -0.15) is 0 Å². The number of hydrogen-bond acceptors (Lipinski definition) is 2. The lowest BCUT2D eigenvalue weighted by Crippen LogP contribution is -1.99. The Hall–Kier alpha value is -2.13. The molecule has 0 bridgehead atoms. The fraction of sp³-hybridized carbons (Fsp3) is 0.278. The predicted molar refractivity (Wildman–Crippen MR) is 88.3 cm³/mol. The van der Waals surface area contributed by atoms with Gasteiger partial charge in [0.25, 0.3) is 0 Å². The van der Waals surface area contributed by atoms with Crippen molar-refractivity contribution in [3.8, 4) is 11.3 Å². The molecule has 3 nitrogen and oxygen atoms in total. The van der Waals surface area contributed by atoms with E-state index in [2.05, 4.69) is 41.2 Å². The van der Waals surface area contributed by atoms with Crippen LogP contribution >= 0.6 is 0 Å². The smallest absolute Gasteiger partial charge is 0.0513 e. The van der Waals surface area contributed by atoms with Crippen molar-refractivity contribution in [2.45, 2.75) is 26.2 Å². The number of aromatic nitrogens is 2. The molecule has 3 rings (SSSR count). The summed E-state index contributed by atoms with van der Waals surface area (Å²) < 4.78 is 0. The van der Waals surface area contributed by atoms with Crippen molar-refractivity contribution < 1.29 is 0 Å². The number of nitrogens with one attached hydrogen (secondary N) is 1. The Balaban J connectivity index is 2.13. The van der Waals surface area contributed by atoms with Crippen LogP contribution in [0.3, 0.4) is 0 Å². The molecule has 0 atom stereocenters. The fourth-order valence-corrected chi connectivity index (χ4v) is 2.88. The van der Waals surface area contributed by atoms with Crippen molar-refractivity contribution in [1.29, 1.82) is 0 Å². The highest BCUT2D eigenvalue weighted by molar-refractivity contribution is 5.92. The van der Waals surface area contributed by atoms with Gasteiger partial charge < -0.3 is 10.7 Å². The van der Waals surface area contributed by atoms with E-state index in [0.29, 0.717) is 0 Å². The molecule has 0 aliphatic carbocycles. The number of fused-ring (bicyclic) bond motifs is 1. The Labute approximate surface area is 125 Å². The second kappa shape index (κ2) is 6.10. The highest BCUT2D eigenvalue weighted by Gasteiger charge is 2.13. The molecule has 0 aliphatic rings. The Morgan fingerprint density at radius 2 is 2.05 bits per heavy atom. The zero-order valence-electron chi connectivity index (χ0n) is 12.4. The first-order valence-electron chi connectivity index (χ1n) is 7.52. The first-order chi connectivity index (χ1) is 10.3. The molecule has 108 valence electrons. The number of H-pyrrole nitrogens is 1. The van der Waals surface area contributed by atoms with Gasteiger partial charge in [0, 0.05) is 28.9 Å². The minimum absolute atomic E-state index is 0.754. The lowest BCUT2D eigenvalue weighted by Gasteiger charge is -2.04. The third kappa shape index (κ3) is 2.69. The Morgan fingerprint density at radius 3 is 2.81 bits per heavy atom. The van der Waals surface area contributed by atoms with Crippen LogP contribution in [0.2, 0.25) is 0 Å². The van der Waals surface area contributed by atoms with Crippen molar-refractivity contribution in [3.63, 3.8) is 0 Å². The van der Waals surface area contributed by atoms with Crippen LogP contribution in [0, 0.1) is 6.92 Å². The van der Waals surface area contributed by atoms with Crippen LogP contribution in [0.5, 0.6) is 0 Å². The van der Waals surface area contributed by atoms with Crippen molar-refractivity contribution >= 4 is 10.9 Å². The molecule has 0 radical (unpaired) electrons. The fourth-order valence-electron chi connectivity index (χ4n) is 2.88. The molecular weight excluding hydrogens is 258 g/mol. The van der Waals surface area contributed by atoms with Crippen LogP contribution in [0.4, 0.5) is 0 Å². The number of rotatable bonds is 5. The molecule has 0 fully saturated rings. The zero-order valence-corrected chi connectivity index (χ0v) is 12.4. The van der Waals surface area contributed by atoms with Crippen LogP contribution in [-0.2, 0) is 6.42 Å². The summed E-state index contributed by atoms with van der Waals surface area (Å²) >= 11 is 0. The minimum atomic E-state index is 0.754. The molecule has 0 spiro atoms. The number of para-hydroxylation sites is 1. The summed E-state index contributed by atoms with van der Waals surface area (Å²) in [5, 5.41) is 1.32. The first kappa shape index (κ1) is 13.8. The van der Waals surface area contributed by atoms with Gasteiger partial charge in [0.1, 0.15) is 0 Å². The number of aromatic amines is 1. The van der Waals surface area contributed by atoms with E-state index in [1.165, 1.54) is 27.7 Å². The normalized spacial score (nSPS) is 11.1. The highest BCUT2D eigenvalue weighted by atomic mass is 14.7. The van der Waals surface area contributed by atoms with Gasteiger partial charge in [-0.05, 0) is 56.0 Å². The monoisotopic (exact) mass is 279 g/mol. The average Bonchev–Trinajstić information content (AvgIpc) is 2.89. The molecule has 0 aliphatic heterocycles. The zero-order chi connectivity index (χ0) is 14.7. The van der Waals surface area contributed by atoms with Gasteiger partial charge in [-0.3, -0.25) is 4.98 Å². The van der Waals surface area contributed by atoms with Gasteiger partial charge in [-0.15, -0.1) is 0 Å². The maximum absolute atomic E-state index is 5.64. The van der Waals surface area contributed by atoms with Crippen LogP contribution in [0.25, 0.3) is 22.2 Å². The summed E-state index contributed by atoms with van der Waals surface area (Å²) in [6.07, 6.45) is 6.96. The van der Waals surface area contributed by atoms with Crippen LogP contribution < -0.4 is 5.73 Å². The summed E-state index contributed by atoms with van der Waals surface area (Å²) in [6.45, 7) is 2.90. The van der Waals surface area contributed by atoms with E-state index >= 15 is 0 Å². The molecule has 3 heteroatoms. The standard InChI is InChI=1S/C18H21N3/c1-13-6-4-9-15-16(8-2-3-10-19)18(21-17(13)15)14-7-5-11-20-12-14/h4-7,9,11-12,21H,2-3,8,10,19H2,1H3. The van der Waals surface area contributed by atoms with E-state index in [1.54, 1.807) is 0 Å². The molecule has 0 unspecified atom stereocenters. The van der Waals surface area contributed by atoms with Crippen LogP contribution in [-0.4, -0.2) is 16.5 Å². The molecular formula is C18H21N3. The Bertz CT molecular complexity index is 729. The van der Waals surface area contributed by atoms with E-state index in [4.69, 9.17) is 5.73 Å². The third-order valence-corrected chi connectivity index (χ3v) is 3.98. The van der Waals surface area contributed by atoms with E-state index < -0.39 is 0 Å². The topological polar surface area (TPSA) is 54.7 Å². The molecule has 0 saturated heterocycles. The predicted octanol–water partition coefficient (Wildman–Crippen LogP) is 3.82. The lowest BCUT2D eigenvalue weighted by atomic mass is 10.0. The maximum atomic E-state index is 5.64. The van der Waals surface area contributed by atoms with E-state index in [0.717, 1.165) is 31.4 Å². The summed E-state index contributed by atoms with van der Waals surface area (Å²) in [4.78, 5) is 7.86. The van der Waals surface area contributed by atoms with Gasteiger partial charge in [0.2, 0.25) is 0 Å². The second-order valence-corrected chi connectivity index (χ2v) is 5.46. The molecule has 0 amide bonds. The molecule has 2 heterocycles. The number of unbranched alkanes of at least 4 members (excludes halogenated alkanes) is 1. The molecule has 3 aromatic rings. The number of benzene rings is 1. The number of pyridine rings is 1. The quantitative estimate of drug-likeness (QED) is 0.698. The number of nitrogens with zero attached hydrogens (tertiary/aromatic N) is 1. The number of aryl methyl sites for hydroxylation is 2. The SMILES string of the molecule is Cc1cccc2c(CCCCN)c(-c3cccnc3)[nH]c12. The summed E-state index contributed by atoms with van der Waals surface area (Å²) in [6, 6.07) is 10.6. The van der Waals surface area contributed by atoms with Crippen molar-refractivity contribution in [1.82, 2.24) is 9.97 Å². The van der Waals surface area contributed by atoms with E-state index in [-0.39, 0.29) is 0 Å². The van der Waals surface area contributed by atoms with Gasteiger partial charge in [0.05, 0.1) is 5.69 Å². The first-order valence-corrected chi connectivity index (χ1v) is 7.52. The Kier molecular flexibility index (Phi) is 4.02. The van der Waals surface area contributed by atoms with Crippen molar-refractivity contribution in [3.05, 3.63) is 53.9 Å². The molecule has 21 heavy (non-hydrogen) atoms. The largest absolute Gasteiger partial charge is 0.354 e. The summed E-state index contributed by atoms with van der Waals surface area (Å²) in [7, 11) is 0. The van der Waals surface area contributed by atoms with Gasteiger partial charge >= 0.3 is 0 Å². The molecule has 1 aromatic carbocycles. The summed E-state index contributed by atoms with van der Waals surface area (Å²) in [5.41, 5.74) is 11.9. The van der Waals surface area contributed by atoms with Crippen molar-refractivity contribution in [2.75, 3.05) is 6.54 Å². The average molecular weight is 279 g/mol. The van der Waals surface area contributed by atoms with Crippen molar-refractivity contribution in [2.24, 2.45) is 5.73 Å². The maximum Gasteiger partial charge on any atom is 0.0513 e. The highest BCUT2D eigenvalue weighted by Crippen LogP contribution is 2.32. The van der Waals surface area contributed by atoms with Gasteiger partial charge in [0.15, 0.2) is 0 Å². The molecule has 3 N–H and O–H groups in total. The third-order valence-electron chi connectivity index (χ3n) is 3.98. The minimum Gasteiger partial charge on any atom is -0.354 e. The van der Waals surface area contributed by atoms with E-state index in [1.807, 2.05) is 18.5 Å². The van der Waals surface area contributed by atoms with Crippen LogP contribution in [0.15, 0.2) is 42.7 Å². The number of nitrogens with two attached hydrogens (primary N) is 1. The Morgan fingerprint density at radius 1 is 1.14 bits per heavy atom. The summed E-state index contributed by atoms with van der Waals surface area (Å²) in [5.74, 6) is 0. The van der Waals surface area contributed by atoms with E-state index in [9.17, 15) is 0 Å². The van der Waals surface area contributed by atoms with Crippen LogP contribution in [0.1, 0.15) is 24.0 Å². The molecule has 2 aromatic heterocycles. The lowest BCUT2D eigenvalue weighted by molar-refractivity contribution is 0.748. The van der Waals surface area contributed by atoms with Gasteiger partial charge in [-0.25, -0.2) is 0 Å². The number of hydrogen-bond donors (Lipinski definition) is 2. The second-order valence-electron chi connectivity index (χ2n) is 5.46.